The second-order valence-corrected chi connectivity index (χ2v) is 8.69. The summed E-state index contributed by atoms with van der Waals surface area (Å²) in [5, 5.41) is 6.52. The second kappa shape index (κ2) is 14.2. The van der Waals surface area contributed by atoms with Crippen molar-refractivity contribution in [2.45, 2.75) is 63.4 Å². The van der Waals surface area contributed by atoms with Crippen LogP contribution in [0.25, 0.3) is 0 Å². The number of rotatable bonds is 13. The van der Waals surface area contributed by atoms with Crippen LogP contribution < -0.4 is 15.4 Å². The van der Waals surface area contributed by atoms with Gasteiger partial charge in [0.2, 0.25) is 10.0 Å². The molecule has 0 bridgehead atoms. The summed E-state index contributed by atoms with van der Waals surface area (Å²) in [4.78, 5) is 4.88. The fourth-order valence-electron chi connectivity index (χ4n) is 2.50. The minimum absolute atomic E-state index is 0. The van der Waals surface area contributed by atoms with Crippen LogP contribution in [0.5, 0.6) is 0 Å². The van der Waals surface area contributed by atoms with Crippen LogP contribution in [0.2, 0.25) is 0 Å². The summed E-state index contributed by atoms with van der Waals surface area (Å²) in [7, 11) is -3.40. The minimum Gasteiger partial charge on any atom is -0.381 e. The monoisotopic (exact) mass is 538 g/mol. The van der Waals surface area contributed by atoms with Gasteiger partial charge in [0.15, 0.2) is 5.96 Å². The van der Waals surface area contributed by atoms with Gasteiger partial charge < -0.3 is 15.4 Å². The van der Waals surface area contributed by atoms with Gasteiger partial charge >= 0.3 is 0 Å². The van der Waals surface area contributed by atoms with E-state index in [1.165, 1.54) is 0 Å². The molecule has 1 aromatic carbocycles. The number of nitrogens with one attached hydrogen (secondary N) is 3. The molecule has 0 unspecified atom stereocenters. The van der Waals surface area contributed by atoms with Crippen molar-refractivity contribution in [3.8, 4) is 0 Å². The molecular formula is C20H35IN4O3S. The highest BCUT2D eigenvalue weighted by molar-refractivity contribution is 14.0. The average molecular weight is 538 g/mol. The molecule has 1 aliphatic carbocycles. The van der Waals surface area contributed by atoms with Gasteiger partial charge in [-0.1, -0.05) is 25.5 Å². The topological polar surface area (TPSA) is 91.8 Å². The maximum atomic E-state index is 12.2. The van der Waals surface area contributed by atoms with E-state index in [-0.39, 0.29) is 30.0 Å². The van der Waals surface area contributed by atoms with Crippen LogP contribution in [0, 0.1) is 0 Å². The van der Waals surface area contributed by atoms with Crippen LogP contribution in [0.3, 0.4) is 0 Å². The third-order valence-corrected chi connectivity index (χ3v) is 5.83. The van der Waals surface area contributed by atoms with E-state index >= 15 is 0 Å². The van der Waals surface area contributed by atoms with Crippen molar-refractivity contribution in [1.82, 2.24) is 15.4 Å². The number of aliphatic imine (C=N–C) groups is 1. The first-order valence-corrected chi connectivity index (χ1v) is 11.7. The summed E-state index contributed by atoms with van der Waals surface area (Å²) in [5.74, 6) is 0.753. The molecule has 7 nitrogen and oxygen atoms in total. The first-order valence-electron chi connectivity index (χ1n) is 10.3. The highest BCUT2D eigenvalue weighted by Crippen LogP contribution is 2.22. The van der Waals surface area contributed by atoms with Gasteiger partial charge in [-0.05, 0) is 50.3 Å². The summed E-state index contributed by atoms with van der Waals surface area (Å²) >= 11 is 0. The van der Waals surface area contributed by atoms with E-state index in [1.807, 2.05) is 19.1 Å². The smallest absolute Gasteiger partial charge is 0.240 e. The largest absolute Gasteiger partial charge is 0.381 e. The molecule has 0 spiro atoms. The Labute approximate surface area is 192 Å². The first-order chi connectivity index (χ1) is 13.5. The second-order valence-electron chi connectivity index (χ2n) is 6.98. The van der Waals surface area contributed by atoms with Gasteiger partial charge in [-0.2, -0.15) is 0 Å². The number of ether oxygens (including phenoxy) is 1. The Kier molecular flexibility index (Phi) is 12.8. The number of halogens is 1. The molecule has 0 radical (unpaired) electrons. The summed E-state index contributed by atoms with van der Waals surface area (Å²) in [6.07, 6.45) is 5.04. The molecule has 29 heavy (non-hydrogen) atoms. The Morgan fingerprint density at radius 3 is 2.41 bits per heavy atom. The molecule has 1 aliphatic rings. The van der Waals surface area contributed by atoms with Gasteiger partial charge in [0.05, 0.1) is 11.4 Å². The van der Waals surface area contributed by atoms with Crippen molar-refractivity contribution >= 4 is 40.0 Å². The van der Waals surface area contributed by atoms with Crippen molar-refractivity contribution < 1.29 is 13.2 Å². The molecule has 0 saturated heterocycles. The molecule has 0 heterocycles. The molecule has 2 rings (SSSR count). The quantitative estimate of drug-likeness (QED) is 0.156. The van der Waals surface area contributed by atoms with Crippen LogP contribution in [0.4, 0.5) is 0 Å². The average Bonchev–Trinajstić information content (AvgIpc) is 3.49. The lowest BCUT2D eigenvalue weighted by atomic mass is 10.2. The Morgan fingerprint density at radius 2 is 1.79 bits per heavy atom. The van der Waals surface area contributed by atoms with Crippen molar-refractivity contribution in [2.24, 2.45) is 4.99 Å². The molecule has 1 saturated carbocycles. The predicted molar refractivity (Wildman–Crippen MR) is 128 cm³/mol. The van der Waals surface area contributed by atoms with Crippen LogP contribution >= 0.6 is 24.0 Å². The highest BCUT2D eigenvalue weighted by Gasteiger charge is 2.27. The molecular weight excluding hydrogens is 503 g/mol. The lowest BCUT2D eigenvalue weighted by Gasteiger charge is -2.11. The third-order valence-electron chi connectivity index (χ3n) is 4.30. The van der Waals surface area contributed by atoms with Gasteiger partial charge in [-0.3, -0.25) is 0 Å². The van der Waals surface area contributed by atoms with E-state index in [4.69, 9.17) is 4.74 Å². The van der Waals surface area contributed by atoms with Crippen LogP contribution in [-0.2, 0) is 21.3 Å². The Morgan fingerprint density at radius 1 is 1.10 bits per heavy atom. The van der Waals surface area contributed by atoms with E-state index in [2.05, 4.69) is 27.3 Å². The lowest BCUT2D eigenvalue weighted by Crippen LogP contribution is -2.38. The Hall–Kier alpha value is -0.910. The minimum atomic E-state index is -3.40. The number of unbranched alkanes of at least 4 members (excludes halogenated alkanes) is 1. The molecule has 0 amide bonds. The number of benzene rings is 1. The number of guanidine groups is 1. The Balaban J connectivity index is 0.00000420. The van der Waals surface area contributed by atoms with E-state index in [1.54, 1.807) is 12.1 Å². The molecule has 0 aliphatic heterocycles. The number of hydrogen-bond acceptors (Lipinski definition) is 4. The third kappa shape index (κ3) is 10.6. The van der Waals surface area contributed by atoms with E-state index in [0.29, 0.717) is 11.4 Å². The molecule has 9 heteroatoms. The number of hydrogen-bond donors (Lipinski definition) is 3. The highest BCUT2D eigenvalue weighted by atomic mass is 127. The SMILES string of the molecule is CCCCOCCCNC(=NCc1ccc(S(=O)(=O)NC2CC2)cc1)NCC.I. The fraction of sp³-hybridized carbons (Fsp3) is 0.650. The first kappa shape index (κ1) is 26.1. The maximum Gasteiger partial charge on any atom is 0.240 e. The zero-order valence-electron chi connectivity index (χ0n) is 17.4. The molecule has 0 aromatic heterocycles. The number of sulfonamides is 1. The van der Waals surface area contributed by atoms with E-state index in [9.17, 15) is 8.42 Å². The zero-order valence-corrected chi connectivity index (χ0v) is 20.6. The molecule has 0 atom stereocenters. The van der Waals surface area contributed by atoms with Gasteiger partial charge in [0.25, 0.3) is 0 Å². The van der Waals surface area contributed by atoms with Crippen molar-refractivity contribution in [1.29, 1.82) is 0 Å². The number of nitrogens with zero attached hydrogens (tertiary/aromatic N) is 1. The van der Waals surface area contributed by atoms with Gasteiger partial charge in [0.1, 0.15) is 0 Å². The lowest BCUT2D eigenvalue weighted by molar-refractivity contribution is 0.129. The van der Waals surface area contributed by atoms with Crippen LogP contribution in [-0.4, -0.2) is 46.7 Å². The fourth-order valence-corrected chi connectivity index (χ4v) is 3.81. The predicted octanol–water partition coefficient (Wildman–Crippen LogP) is 3.01. The summed E-state index contributed by atoms with van der Waals surface area (Å²) in [6.45, 7) is 7.81. The summed E-state index contributed by atoms with van der Waals surface area (Å²) in [6, 6.07) is 7.03. The summed E-state index contributed by atoms with van der Waals surface area (Å²) < 4.78 is 32.7. The van der Waals surface area contributed by atoms with Gasteiger partial charge in [-0.25, -0.2) is 18.1 Å². The normalized spacial score (nSPS) is 14.3. The van der Waals surface area contributed by atoms with Crippen molar-refractivity contribution in [3.63, 3.8) is 0 Å². The molecule has 3 N–H and O–H groups in total. The molecule has 1 fully saturated rings. The van der Waals surface area contributed by atoms with Crippen LogP contribution in [0.15, 0.2) is 34.2 Å². The summed E-state index contributed by atoms with van der Waals surface area (Å²) in [5.41, 5.74) is 0.963. The standard InChI is InChI=1S/C20H34N4O3S.HI/c1-3-5-14-27-15-6-13-22-20(21-4-2)23-16-17-7-11-19(12-8-17)28(25,26)24-18-9-10-18;/h7-8,11-12,18,24H,3-6,9-10,13-16H2,1-2H3,(H2,21,22,23);1H. The maximum absolute atomic E-state index is 12.2. The van der Waals surface area contributed by atoms with Gasteiger partial charge in [0, 0.05) is 32.3 Å². The van der Waals surface area contributed by atoms with Crippen LogP contribution in [0.1, 0.15) is 51.5 Å². The van der Waals surface area contributed by atoms with E-state index < -0.39 is 10.0 Å². The van der Waals surface area contributed by atoms with E-state index in [0.717, 1.165) is 69.9 Å². The van der Waals surface area contributed by atoms with Crippen molar-refractivity contribution in [2.75, 3.05) is 26.3 Å². The zero-order chi connectivity index (χ0) is 20.2. The van der Waals surface area contributed by atoms with Gasteiger partial charge in [-0.15, -0.1) is 24.0 Å². The molecule has 166 valence electrons. The molecule has 1 aromatic rings. The van der Waals surface area contributed by atoms with Crippen molar-refractivity contribution in [3.05, 3.63) is 29.8 Å². The Bertz CT molecular complexity index is 707.